The number of aromatic nitrogens is 3. The predicted octanol–water partition coefficient (Wildman–Crippen LogP) is 2.87. The topological polar surface area (TPSA) is 43.2 Å². The predicted molar refractivity (Wildman–Crippen MR) is 91.4 cm³/mol. The average Bonchev–Trinajstić information content (AvgIpc) is 2.88. The van der Waals surface area contributed by atoms with Crippen molar-refractivity contribution < 1.29 is 4.74 Å². The first kappa shape index (κ1) is 14.2. The summed E-state index contributed by atoms with van der Waals surface area (Å²) in [5, 5.41) is 1.15. The molecule has 0 saturated carbocycles. The van der Waals surface area contributed by atoms with Gasteiger partial charge in [0.2, 0.25) is 0 Å². The third kappa shape index (κ3) is 2.28. The zero-order valence-corrected chi connectivity index (χ0v) is 13.5. The van der Waals surface area contributed by atoms with Gasteiger partial charge in [-0.05, 0) is 31.5 Å². The Balaban J connectivity index is 1.95. The van der Waals surface area contributed by atoms with Crippen LogP contribution in [-0.4, -0.2) is 40.8 Å². The van der Waals surface area contributed by atoms with Gasteiger partial charge in [0.15, 0.2) is 5.65 Å². The van der Waals surface area contributed by atoms with Gasteiger partial charge in [0, 0.05) is 24.5 Å². The van der Waals surface area contributed by atoms with Crippen molar-refractivity contribution in [3.8, 4) is 5.69 Å². The molecule has 1 aromatic carbocycles. The van der Waals surface area contributed by atoms with Gasteiger partial charge in [-0.3, -0.25) is 4.57 Å². The minimum absolute atomic E-state index is 0.753. The average molecular weight is 308 g/mol. The molecule has 1 aliphatic rings. The Morgan fingerprint density at radius 1 is 1.00 bits per heavy atom. The quantitative estimate of drug-likeness (QED) is 0.730. The number of hydrogen-bond acceptors (Lipinski definition) is 4. The fourth-order valence-corrected chi connectivity index (χ4v) is 3.29. The molecule has 0 aliphatic carbocycles. The smallest absolute Gasteiger partial charge is 0.150 e. The van der Waals surface area contributed by atoms with E-state index in [9.17, 15) is 0 Å². The molecule has 0 bridgehead atoms. The van der Waals surface area contributed by atoms with Crippen LogP contribution < -0.4 is 4.90 Å². The second-order valence-corrected chi connectivity index (χ2v) is 5.88. The summed E-state index contributed by atoms with van der Waals surface area (Å²) in [6.45, 7) is 7.56. The van der Waals surface area contributed by atoms with Gasteiger partial charge < -0.3 is 9.64 Å². The molecule has 0 atom stereocenters. The third-order valence-corrected chi connectivity index (χ3v) is 4.60. The summed E-state index contributed by atoms with van der Waals surface area (Å²) >= 11 is 0. The maximum atomic E-state index is 5.47. The van der Waals surface area contributed by atoms with Crippen molar-refractivity contribution in [1.29, 1.82) is 0 Å². The maximum absolute atomic E-state index is 5.47. The molecular weight excluding hydrogens is 288 g/mol. The lowest BCUT2D eigenvalue weighted by Crippen LogP contribution is -2.36. The summed E-state index contributed by atoms with van der Waals surface area (Å²) in [5.74, 6) is 1.02. The van der Waals surface area contributed by atoms with E-state index in [1.54, 1.807) is 6.33 Å². The van der Waals surface area contributed by atoms with E-state index in [-0.39, 0.29) is 0 Å². The van der Waals surface area contributed by atoms with Gasteiger partial charge >= 0.3 is 0 Å². The number of fused-ring (bicyclic) bond motifs is 1. The summed E-state index contributed by atoms with van der Waals surface area (Å²) < 4.78 is 7.69. The fraction of sp³-hybridized carbons (Fsp3) is 0.333. The third-order valence-electron chi connectivity index (χ3n) is 4.60. The molecule has 2 aromatic heterocycles. The molecule has 0 amide bonds. The minimum Gasteiger partial charge on any atom is -0.378 e. The first-order valence-corrected chi connectivity index (χ1v) is 7.98. The van der Waals surface area contributed by atoms with Gasteiger partial charge in [-0.15, -0.1) is 0 Å². The highest BCUT2D eigenvalue weighted by Crippen LogP contribution is 2.33. The highest BCUT2D eigenvalue weighted by Gasteiger charge is 2.21. The number of morpholine rings is 1. The number of benzene rings is 1. The Bertz CT molecular complexity index is 835. The number of rotatable bonds is 2. The Hall–Kier alpha value is -2.40. The van der Waals surface area contributed by atoms with Crippen LogP contribution >= 0.6 is 0 Å². The van der Waals surface area contributed by atoms with Crippen LogP contribution in [0.2, 0.25) is 0 Å². The number of anilines is 1. The zero-order valence-electron chi connectivity index (χ0n) is 13.5. The summed E-state index contributed by atoms with van der Waals surface area (Å²) in [5.41, 5.74) is 4.56. The Morgan fingerprint density at radius 3 is 2.48 bits per heavy atom. The van der Waals surface area contributed by atoms with E-state index in [2.05, 4.69) is 57.5 Å². The van der Waals surface area contributed by atoms with Gasteiger partial charge in [-0.2, -0.15) is 0 Å². The molecule has 118 valence electrons. The van der Waals surface area contributed by atoms with Crippen LogP contribution in [0.4, 0.5) is 5.82 Å². The number of para-hydroxylation sites is 1. The molecule has 23 heavy (non-hydrogen) atoms. The molecule has 1 fully saturated rings. The van der Waals surface area contributed by atoms with Gasteiger partial charge in [-0.1, -0.05) is 18.2 Å². The van der Waals surface area contributed by atoms with Crippen LogP contribution in [0.15, 0.2) is 36.7 Å². The van der Waals surface area contributed by atoms with E-state index >= 15 is 0 Å². The van der Waals surface area contributed by atoms with Crippen molar-refractivity contribution in [3.63, 3.8) is 0 Å². The number of aryl methyl sites for hydroxylation is 1. The number of nitrogens with zero attached hydrogens (tertiary/aromatic N) is 4. The second-order valence-electron chi connectivity index (χ2n) is 5.88. The number of ether oxygens (including phenoxy) is 1. The van der Waals surface area contributed by atoms with Crippen LogP contribution in [0.5, 0.6) is 0 Å². The molecule has 1 saturated heterocycles. The molecule has 0 unspecified atom stereocenters. The molecule has 5 heteroatoms. The van der Waals surface area contributed by atoms with Crippen molar-refractivity contribution >= 4 is 16.9 Å². The van der Waals surface area contributed by atoms with Gasteiger partial charge in [0.25, 0.3) is 0 Å². The largest absolute Gasteiger partial charge is 0.378 e. The summed E-state index contributed by atoms with van der Waals surface area (Å²) in [6.07, 6.45) is 1.67. The van der Waals surface area contributed by atoms with E-state index in [0.717, 1.165) is 48.8 Å². The lowest BCUT2D eigenvalue weighted by molar-refractivity contribution is 0.122. The normalized spacial score (nSPS) is 15.3. The summed E-state index contributed by atoms with van der Waals surface area (Å²) in [7, 11) is 0. The Labute approximate surface area is 135 Å². The zero-order chi connectivity index (χ0) is 15.8. The van der Waals surface area contributed by atoms with Crippen molar-refractivity contribution in [3.05, 3.63) is 47.9 Å². The van der Waals surface area contributed by atoms with E-state index in [1.165, 1.54) is 11.3 Å². The first-order valence-electron chi connectivity index (χ1n) is 7.98. The van der Waals surface area contributed by atoms with E-state index in [1.807, 2.05) is 6.07 Å². The van der Waals surface area contributed by atoms with Crippen LogP contribution in [0, 0.1) is 13.8 Å². The van der Waals surface area contributed by atoms with Gasteiger partial charge in [-0.25, -0.2) is 9.97 Å². The molecule has 3 aromatic rings. The Morgan fingerprint density at radius 2 is 1.74 bits per heavy atom. The second kappa shape index (κ2) is 5.66. The molecule has 3 heterocycles. The first-order chi connectivity index (χ1) is 11.3. The van der Waals surface area contributed by atoms with Crippen molar-refractivity contribution in [2.45, 2.75) is 13.8 Å². The monoisotopic (exact) mass is 308 g/mol. The van der Waals surface area contributed by atoms with Crippen LogP contribution in [0.25, 0.3) is 16.7 Å². The van der Waals surface area contributed by atoms with Crippen LogP contribution in [0.1, 0.15) is 11.3 Å². The van der Waals surface area contributed by atoms with Crippen molar-refractivity contribution in [1.82, 2.24) is 14.5 Å². The van der Waals surface area contributed by atoms with Gasteiger partial charge in [0.1, 0.15) is 12.1 Å². The highest BCUT2D eigenvalue weighted by atomic mass is 16.5. The SMILES string of the molecule is Cc1c(C)n(-c2ccccc2)c2ncnc(N3CCOCC3)c12. The van der Waals surface area contributed by atoms with Crippen LogP contribution in [-0.2, 0) is 4.74 Å². The van der Waals surface area contributed by atoms with E-state index in [4.69, 9.17) is 4.74 Å². The lowest BCUT2D eigenvalue weighted by atomic mass is 10.2. The fourth-order valence-electron chi connectivity index (χ4n) is 3.29. The van der Waals surface area contributed by atoms with Gasteiger partial charge in [0.05, 0.1) is 18.6 Å². The van der Waals surface area contributed by atoms with E-state index < -0.39 is 0 Å². The molecule has 4 rings (SSSR count). The number of hydrogen-bond donors (Lipinski definition) is 0. The molecule has 5 nitrogen and oxygen atoms in total. The highest BCUT2D eigenvalue weighted by molar-refractivity contribution is 5.93. The molecule has 1 aliphatic heterocycles. The van der Waals surface area contributed by atoms with Crippen molar-refractivity contribution in [2.75, 3.05) is 31.2 Å². The van der Waals surface area contributed by atoms with E-state index in [0.29, 0.717) is 0 Å². The molecular formula is C18H20N4O. The lowest BCUT2D eigenvalue weighted by Gasteiger charge is -2.28. The summed E-state index contributed by atoms with van der Waals surface area (Å²) in [4.78, 5) is 11.5. The molecule has 0 N–H and O–H groups in total. The summed E-state index contributed by atoms with van der Waals surface area (Å²) in [6, 6.07) is 10.4. The molecule has 0 spiro atoms. The minimum atomic E-state index is 0.753. The van der Waals surface area contributed by atoms with Crippen LogP contribution in [0.3, 0.4) is 0 Å². The molecule has 0 radical (unpaired) electrons. The standard InChI is InChI=1S/C18H20N4O/c1-13-14(2)22(15-6-4-3-5-7-15)18-16(13)17(19-12-20-18)21-8-10-23-11-9-21/h3-7,12H,8-11H2,1-2H3. The van der Waals surface area contributed by atoms with Crippen molar-refractivity contribution in [2.24, 2.45) is 0 Å². The maximum Gasteiger partial charge on any atom is 0.150 e. The Kier molecular flexibility index (Phi) is 3.50.